The van der Waals surface area contributed by atoms with Gasteiger partial charge in [0, 0.05) is 10.2 Å². The van der Waals surface area contributed by atoms with E-state index in [4.69, 9.17) is 0 Å². The Hall–Kier alpha value is -2.19. The molecule has 0 spiro atoms. The highest BCUT2D eigenvalue weighted by molar-refractivity contribution is 9.10. The Bertz CT molecular complexity index is 854. The first-order chi connectivity index (χ1) is 12.7. The van der Waals surface area contributed by atoms with Crippen molar-refractivity contribution >= 4 is 39.3 Å². The lowest BCUT2D eigenvalue weighted by atomic mass is 10.2. The van der Waals surface area contributed by atoms with Crippen molar-refractivity contribution < 1.29 is 4.79 Å². The van der Waals surface area contributed by atoms with E-state index in [1.165, 1.54) is 11.8 Å². The molecular weight excluding hydrogens is 414 g/mol. The Morgan fingerprint density at radius 3 is 2.62 bits per heavy atom. The number of halogens is 1. The first-order valence-electron chi connectivity index (χ1n) is 8.19. The van der Waals surface area contributed by atoms with Crippen LogP contribution in [0.15, 0.2) is 64.2 Å². The van der Waals surface area contributed by atoms with Gasteiger partial charge in [0.2, 0.25) is 11.1 Å². The summed E-state index contributed by atoms with van der Waals surface area (Å²) in [6.07, 6.45) is 0.672. The summed E-state index contributed by atoms with van der Waals surface area (Å²) in [5.74, 6) is -0.0610. The van der Waals surface area contributed by atoms with Crippen LogP contribution in [0.1, 0.15) is 18.9 Å². The molecule has 0 aliphatic heterocycles. The number of hydrogen-bond donors (Lipinski definition) is 1. The third-order valence-electron chi connectivity index (χ3n) is 3.70. The lowest BCUT2D eigenvalue weighted by molar-refractivity contribution is -0.115. The van der Waals surface area contributed by atoms with Gasteiger partial charge in [0.05, 0.1) is 11.8 Å². The molecule has 3 aromatic rings. The molecule has 0 fully saturated rings. The van der Waals surface area contributed by atoms with Crippen LogP contribution >= 0.6 is 27.7 Å². The van der Waals surface area contributed by atoms with Crippen molar-refractivity contribution in [2.45, 2.75) is 30.3 Å². The summed E-state index contributed by atoms with van der Waals surface area (Å²) < 4.78 is 2.69. The number of thioether (sulfide) groups is 1. The highest BCUT2D eigenvalue weighted by atomic mass is 79.9. The van der Waals surface area contributed by atoms with Gasteiger partial charge in [0.1, 0.15) is 0 Å². The molecule has 0 saturated heterocycles. The van der Waals surface area contributed by atoms with Crippen molar-refractivity contribution in [3.05, 3.63) is 64.6 Å². The Kier molecular flexibility index (Phi) is 6.40. The van der Waals surface area contributed by atoms with Crippen molar-refractivity contribution in [2.24, 2.45) is 0 Å². The SMILES string of the molecule is CC[C@@H](Sc1nnnn1Cc1ccccc1)C(=O)Nc1ccc(Br)cc1. The second-order valence-electron chi connectivity index (χ2n) is 5.62. The van der Waals surface area contributed by atoms with Crippen LogP contribution in [0.25, 0.3) is 0 Å². The van der Waals surface area contributed by atoms with E-state index in [1.807, 2.05) is 61.5 Å². The Balaban J connectivity index is 1.67. The molecule has 6 nitrogen and oxygen atoms in total. The van der Waals surface area contributed by atoms with Crippen LogP contribution in [0.4, 0.5) is 5.69 Å². The summed E-state index contributed by atoms with van der Waals surface area (Å²) in [6, 6.07) is 17.5. The molecule has 3 rings (SSSR count). The topological polar surface area (TPSA) is 72.7 Å². The van der Waals surface area contributed by atoms with Crippen LogP contribution in [0.3, 0.4) is 0 Å². The van der Waals surface area contributed by atoms with Gasteiger partial charge in [-0.05, 0) is 46.7 Å². The van der Waals surface area contributed by atoms with E-state index in [-0.39, 0.29) is 11.2 Å². The summed E-state index contributed by atoms with van der Waals surface area (Å²) >= 11 is 4.76. The number of carbonyl (C=O) groups is 1. The standard InChI is InChI=1S/C18H18BrN5OS/c1-2-16(17(25)20-15-10-8-14(19)9-11-15)26-18-21-22-23-24(18)12-13-6-4-3-5-7-13/h3-11,16H,2,12H2,1H3,(H,20,25)/t16-/m1/s1. The number of rotatable bonds is 7. The van der Waals surface area contributed by atoms with E-state index >= 15 is 0 Å². The Morgan fingerprint density at radius 1 is 1.19 bits per heavy atom. The normalized spacial score (nSPS) is 11.9. The van der Waals surface area contributed by atoms with Crippen molar-refractivity contribution in [1.82, 2.24) is 20.2 Å². The van der Waals surface area contributed by atoms with Crippen molar-refractivity contribution in [1.29, 1.82) is 0 Å². The number of nitrogens with zero attached hydrogens (tertiary/aromatic N) is 4. The molecule has 1 N–H and O–H groups in total. The summed E-state index contributed by atoms with van der Waals surface area (Å²) in [6.45, 7) is 2.55. The highest BCUT2D eigenvalue weighted by Gasteiger charge is 2.21. The molecule has 8 heteroatoms. The molecule has 1 aromatic heterocycles. The molecule has 1 atom stereocenters. The van der Waals surface area contributed by atoms with Crippen LogP contribution in [-0.2, 0) is 11.3 Å². The summed E-state index contributed by atoms with van der Waals surface area (Å²) in [7, 11) is 0. The molecule has 0 aliphatic rings. The van der Waals surface area contributed by atoms with Gasteiger partial charge in [-0.1, -0.05) is 64.9 Å². The molecule has 134 valence electrons. The van der Waals surface area contributed by atoms with Crippen LogP contribution in [0, 0.1) is 0 Å². The van der Waals surface area contributed by atoms with Gasteiger partial charge in [-0.2, -0.15) is 0 Å². The number of tetrazole rings is 1. The molecule has 1 amide bonds. The fraction of sp³-hybridized carbons (Fsp3) is 0.222. The minimum absolute atomic E-state index is 0.0610. The highest BCUT2D eigenvalue weighted by Crippen LogP contribution is 2.25. The molecule has 0 bridgehead atoms. The minimum atomic E-state index is -0.279. The van der Waals surface area contributed by atoms with Crippen LogP contribution < -0.4 is 5.32 Å². The fourth-order valence-electron chi connectivity index (χ4n) is 2.34. The average molecular weight is 432 g/mol. The number of aromatic nitrogens is 4. The number of amides is 1. The minimum Gasteiger partial charge on any atom is -0.325 e. The maximum Gasteiger partial charge on any atom is 0.237 e. The number of benzene rings is 2. The zero-order chi connectivity index (χ0) is 18.4. The molecule has 0 saturated carbocycles. The van der Waals surface area contributed by atoms with Gasteiger partial charge in [-0.3, -0.25) is 4.79 Å². The van der Waals surface area contributed by atoms with Crippen LogP contribution in [0.5, 0.6) is 0 Å². The molecular formula is C18H18BrN5OS. The second-order valence-corrected chi connectivity index (χ2v) is 7.70. The smallest absolute Gasteiger partial charge is 0.237 e. The Labute approximate surface area is 164 Å². The molecule has 0 radical (unpaired) electrons. The molecule has 0 unspecified atom stereocenters. The number of anilines is 1. The zero-order valence-corrected chi connectivity index (χ0v) is 16.6. The third-order valence-corrected chi connectivity index (χ3v) is 5.56. The summed E-state index contributed by atoms with van der Waals surface area (Å²) in [5, 5.41) is 15.2. The van der Waals surface area contributed by atoms with Crippen molar-refractivity contribution in [3.8, 4) is 0 Å². The van der Waals surface area contributed by atoms with Crippen molar-refractivity contribution in [2.75, 3.05) is 5.32 Å². The van der Waals surface area contributed by atoms with Gasteiger partial charge in [0.15, 0.2) is 0 Å². The Morgan fingerprint density at radius 2 is 1.92 bits per heavy atom. The van der Waals surface area contributed by atoms with E-state index in [0.717, 1.165) is 15.7 Å². The van der Waals surface area contributed by atoms with Crippen molar-refractivity contribution in [3.63, 3.8) is 0 Å². The van der Waals surface area contributed by atoms with E-state index in [2.05, 4.69) is 36.8 Å². The second kappa shape index (κ2) is 8.95. The van der Waals surface area contributed by atoms with E-state index in [1.54, 1.807) is 4.68 Å². The molecule has 0 aliphatic carbocycles. The number of nitrogens with one attached hydrogen (secondary N) is 1. The maximum absolute atomic E-state index is 12.6. The van der Waals surface area contributed by atoms with Crippen LogP contribution in [0.2, 0.25) is 0 Å². The molecule has 2 aromatic carbocycles. The van der Waals surface area contributed by atoms with Gasteiger partial charge < -0.3 is 5.32 Å². The van der Waals surface area contributed by atoms with Gasteiger partial charge in [-0.15, -0.1) is 5.10 Å². The fourth-order valence-corrected chi connectivity index (χ4v) is 3.50. The predicted molar refractivity (Wildman–Crippen MR) is 106 cm³/mol. The molecule has 26 heavy (non-hydrogen) atoms. The lowest BCUT2D eigenvalue weighted by Gasteiger charge is -2.14. The van der Waals surface area contributed by atoms with Crippen LogP contribution in [-0.4, -0.2) is 31.4 Å². The van der Waals surface area contributed by atoms with Gasteiger partial charge in [0.25, 0.3) is 0 Å². The van der Waals surface area contributed by atoms with E-state index < -0.39 is 0 Å². The zero-order valence-electron chi connectivity index (χ0n) is 14.2. The largest absolute Gasteiger partial charge is 0.325 e. The third kappa shape index (κ3) is 4.92. The monoisotopic (exact) mass is 431 g/mol. The van der Waals surface area contributed by atoms with Gasteiger partial charge >= 0.3 is 0 Å². The summed E-state index contributed by atoms with van der Waals surface area (Å²) in [5.41, 5.74) is 1.87. The lowest BCUT2D eigenvalue weighted by Crippen LogP contribution is -2.25. The maximum atomic E-state index is 12.6. The summed E-state index contributed by atoms with van der Waals surface area (Å²) in [4.78, 5) is 12.6. The predicted octanol–water partition coefficient (Wildman–Crippen LogP) is 3.99. The molecule has 1 heterocycles. The number of carbonyl (C=O) groups excluding carboxylic acids is 1. The quantitative estimate of drug-likeness (QED) is 0.572. The number of hydrogen-bond acceptors (Lipinski definition) is 5. The van der Waals surface area contributed by atoms with E-state index in [0.29, 0.717) is 18.1 Å². The average Bonchev–Trinajstić information content (AvgIpc) is 3.09. The van der Waals surface area contributed by atoms with E-state index in [9.17, 15) is 4.79 Å². The first-order valence-corrected chi connectivity index (χ1v) is 9.86. The van der Waals surface area contributed by atoms with Gasteiger partial charge in [-0.25, -0.2) is 4.68 Å². The first kappa shape index (κ1) is 18.6.